The van der Waals surface area contributed by atoms with Gasteiger partial charge >= 0.3 is 12.1 Å². The lowest BCUT2D eigenvalue weighted by atomic mass is 9.78. The molecule has 2 atom stereocenters. The van der Waals surface area contributed by atoms with Gasteiger partial charge in [-0.1, -0.05) is 68.3 Å². The molecule has 0 radical (unpaired) electrons. The van der Waals surface area contributed by atoms with Gasteiger partial charge in [-0.2, -0.15) is 0 Å². The molecule has 7 heteroatoms. The van der Waals surface area contributed by atoms with E-state index in [0.717, 1.165) is 36.8 Å². The first kappa shape index (κ1) is 24.8. The largest absolute Gasteiger partial charge is 0.481 e. The number of amides is 2. The van der Waals surface area contributed by atoms with Crippen molar-refractivity contribution in [1.82, 2.24) is 10.6 Å². The standard InChI is InChI=1S/C28H34N2O5/c1-2-8-19(15-27(32)33)29-26(31)16-25(18-9-7-10-18)30-28(34)35-17-24-22-13-5-3-11-20(22)21-12-4-6-14-23(21)24/h3-6,11-14,18-19,24-25H,2,7-10,15-17H2,1H3,(H,29,31)(H,30,34)(H,32,33). The molecule has 0 aliphatic heterocycles. The number of carbonyl (C=O) groups is 3. The van der Waals surface area contributed by atoms with Gasteiger partial charge in [-0.05, 0) is 47.4 Å². The van der Waals surface area contributed by atoms with E-state index in [1.165, 1.54) is 11.1 Å². The summed E-state index contributed by atoms with van der Waals surface area (Å²) in [6.45, 7) is 2.18. The summed E-state index contributed by atoms with van der Waals surface area (Å²) in [5.41, 5.74) is 4.64. The summed E-state index contributed by atoms with van der Waals surface area (Å²) in [4.78, 5) is 36.6. The number of nitrogens with one attached hydrogen (secondary N) is 2. The van der Waals surface area contributed by atoms with Crippen molar-refractivity contribution in [2.45, 2.75) is 69.9 Å². The zero-order valence-electron chi connectivity index (χ0n) is 20.2. The van der Waals surface area contributed by atoms with E-state index < -0.39 is 18.1 Å². The first-order valence-corrected chi connectivity index (χ1v) is 12.6. The average Bonchev–Trinajstić information content (AvgIpc) is 3.10. The van der Waals surface area contributed by atoms with Crippen LogP contribution in [0.5, 0.6) is 0 Å². The highest BCUT2D eigenvalue weighted by Gasteiger charge is 2.33. The zero-order chi connectivity index (χ0) is 24.8. The smallest absolute Gasteiger partial charge is 0.407 e. The molecular weight excluding hydrogens is 444 g/mol. The van der Waals surface area contributed by atoms with Gasteiger partial charge < -0.3 is 20.5 Å². The Balaban J connectivity index is 1.36. The highest BCUT2D eigenvalue weighted by atomic mass is 16.5. The molecule has 35 heavy (non-hydrogen) atoms. The minimum Gasteiger partial charge on any atom is -0.481 e. The Hall–Kier alpha value is -3.35. The van der Waals surface area contributed by atoms with Crippen LogP contribution in [-0.4, -0.2) is 41.8 Å². The van der Waals surface area contributed by atoms with Crippen molar-refractivity contribution in [3.05, 3.63) is 59.7 Å². The van der Waals surface area contributed by atoms with Crippen LogP contribution in [0.15, 0.2) is 48.5 Å². The fraction of sp³-hybridized carbons (Fsp3) is 0.464. The lowest BCUT2D eigenvalue weighted by Gasteiger charge is -2.34. The number of carboxylic acid groups (broad SMARTS) is 1. The van der Waals surface area contributed by atoms with E-state index in [2.05, 4.69) is 34.9 Å². The van der Waals surface area contributed by atoms with Crippen molar-refractivity contribution in [3.63, 3.8) is 0 Å². The summed E-state index contributed by atoms with van der Waals surface area (Å²) in [6.07, 6.45) is 3.86. The molecule has 186 valence electrons. The van der Waals surface area contributed by atoms with Crippen LogP contribution in [0.1, 0.15) is 68.9 Å². The first-order chi connectivity index (χ1) is 17.0. The summed E-state index contributed by atoms with van der Waals surface area (Å²) in [5.74, 6) is -0.966. The fourth-order valence-electron chi connectivity index (χ4n) is 5.24. The third-order valence-corrected chi connectivity index (χ3v) is 7.19. The molecule has 0 heterocycles. The molecule has 2 amide bonds. The predicted octanol–water partition coefficient (Wildman–Crippen LogP) is 4.84. The fourth-order valence-corrected chi connectivity index (χ4v) is 5.24. The molecule has 3 N–H and O–H groups in total. The number of aliphatic carboxylic acids is 1. The number of hydrogen-bond donors (Lipinski definition) is 3. The second-order valence-electron chi connectivity index (χ2n) is 9.62. The van der Waals surface area contributed by atoms with Crippen LogP contribution >= 0.6 is 0 Å². The molecule has 4 rings (SSSR count). The third-order valence-electron chi connectivity index (χ3n) is 7.19. The minimum absolute atomic E-state index is 0.0237. The molecule has 2 aromatic carbocycles. The van der Waals surface area contributed by atoms with Crippen LogP contribution in [0.25, 0.3) is 11.1 Å². The van der Waals surface area contributed by atoms with Crippen molar-refractivity contribution < 1.29 is 24.2 Å². The number of carbonyl (C=O) groups excluding carboxylic acids is 2. The number of rotatable bonds is 11. The molecule has 1 saturated carbocycles. The topological polar surface area (TPSA) is 105 Å². The van der Waals surface area contributed by atoms with Gasteiger partial charge in [0.05, 0.1) is 6.42 Å². The molecule has 2 aromatic rings. The van der Waals surface area contributed by atoms with Crippen molar-refractivity contribution >= 4 is 18.0 Å². The van der Waals surface area contributed by atoms with Crippen LogP contribution in [0.4, 0.5) is 4.79 Å². The average molecular weight is 479 g/mol. The monoisotopic (exact) mass is 478 g/mol. The number of alkyl carbamates (subject to hydrolysis) is 1. The lowest BCUT2D eigenvalue weighted by Crippen LogP contribution is -2.47. The van der Waals surface area contributed by atoms with Crippen molar-refractivity contribution in [2.24, 2.45) is 5.92 Å². The van der Waals surface area contributed by atoms with Gasteiger partial charge in [0.15, 0.2) is 0 Å². The van der Waals surface area contributed by atoms with Crippen molar-refractivity contribution in [3.8, 4) is 11.1 Å². The summed E-state index contributed by atoms with van der Waals surface area (Å²) < 4.78 is 5.68. The summed E-state index contributed by atoms with van der Waals surface area (Å²) in [5, 5.41) is 14.9. The summed E-state index contributed by atoms with van der Waals surface area (Å²) >= 11 is 0. The lowest BCUT2D eigenvalue weighted by molar-refractivity contribution is -0.137. The number of fused-ring (bicyclic) bond motifs is 3. The first-order valence-electron chi connectivity index (χ1n) is 12.6. The van der Waals surface area contributed by atoms with E-state index in [0.29, 0.717) is 6.42 Å². The van der Waals surface area contributed by atoms with Crippen molar-refractivity contribution in [2.75, 3.05) is 6.61 Å². The Labute approximate surface area is 206 Å². The van der Waals surface area contributed by atoms with Gasteiger partial charge in [-0.25, -0.2) is 4.79 Å². The van der Waals surface area contributed by atoms with E-state index in [9.17, 15) is 14.4 Å². The van der Waals surface area contributed by atoms with Crippen LogP contribution in [0.2, 0.25) is 0 Å². The Kier molecular flexibility index (Phi) is 8.06. The molecule has 0 bridgehead atoms. The van der Waals surface area contributed by atoms with E-state index in [1.807, 2.05) is 31.2 Å². The number of ether oxygens (including phenoxy) is 1. The van der Waals surface area contributed by atoms with Crippen LogP contribution in [0.3, 0.4) is 0 Å². The molecule has 2 aliphatic rings. The Morgan fingerprint density at radius 2 is 1.60 bits per heavy atom. The summed E-state index contributed by atoms with van der Waals surface area (Å²) in [7, 11) is 0. The van der Waals surface area contributed by atoms with Gasteiger partial charge in [0.1, 0.15) is 6.61 Å². The second kappa shape index (κ2) is 11.4. The molecular formula is C28H34N2O5. The Bertz CT molecular complexity index is 1020. The summed E-state index contributed by atoms with van der Waals surface area (Å²) in [6, 6.07) is 15.6. The minimum atomic E-state index is -0.934. The van der Waals surface area contributed by atoms with E-state index in [4.69, 9.17) is 9.84 Å². The molecule has 0 spiro atoms. The maximum atomic E-state index is 12.8. The molecule has 0 aromatic heterocycles. The van der Waals surface area contributed by atoms with Gasteiger partial charge in [0.25, 0.3) is 0 Å². The highest BCUT2D eigenvalue weighted by molar-refractivity contribution is 5.80. The zero-order valence-corrected chi connectivity index (χ0v) is 20.2. The van der Waals surface area contributed by atoms with Crippen LogP contribution in [0, 0.1) is 5.92 Å². The molecule has 1 fully saturated rings. The maximum Gasteiger partial charge on any atom is 0.407 e. The molecule has 2 unspecified atom stereocenters. The molecule has 7 nitrogen and oxygen atoms in total. The third kappa shape index (κ3) is 6.02. The SMILES string of the molecule is CCCC(CC(=O)O)NC(=O)CC(NC(=O)OCC1c2ccccc2-c2ccccc21)C1CCC1. The quantitative estimate of drug-likeness (QED) is 0.429. The van der Waals surface area contributed by atoms with Gasteiger partial charge in [-0.3, -0.25) is 9.59 Å². The maximum absolute atomic E-state index is 12.8. The number of carboxylic acids is 1. The van der Waals surface area contributed by atoms with Gasteiger partial charge in [0.2, 0.25) is 5.91 Å². The van der Waals surface area contributed by atoms with Crippen molar-refractivity contribution in [1.29, 1.82) is 0 Å². The molecule has 0 saturated heterocycles. The van der Waals surface area contributed by atoms with Gasteiger partial charge in [0, 0.05) is 24.4 Å². The van der Waals surface area contributed by atoms with Crippen LogP contribution < -0.4 is 10.6 Å². The number of benzene rings is 2. The van der Waals surface area contributed by atoms with E-state index in [1.54, 1.807) is 0 Å². The number of hydrogen-bond acceptors (Lipinski definition) is 4. The normalized spacial score (nSPS) is 16.4. The Morgan fingerprint density at radius 1 is 0.971 bits per heavy atom. The van der Waals surface area contributed by atoms with Gasteiger partial charge in [-0.15, -0.1) is 0 Å². The highest BCUT2D eigenvalue weighted by Crippen LogP contribution is 2.44. The van der Waals surface area contributed by atoms with E-state index >= 15 is 0 Å². The second-order valence-corrected chi connectivity index (χ2v) is 9.62. The van der Waals surface area contributed by atoms with E-state index in [-0.39, 0.29) is 43.2 Å². The van der Waals surface area contributed by atoms with Crippen LogP contribution in [-0.2, 0) is 14.3 Å². The predicted molar refractivity (Wildman–Crippen MR) is 133 cm³/mol. The Morgan fingerprint density at radius 3 is 2.14 bits per heavy atom. The molecule has 2 aliphatic carbocycles.